The fraction of sp³-hybridized carbons (Fsp3) is 0.308. The highest BCUT2D eigenvalue weighted by Gasteiger charge is 2.06. The number of unbranched alkanes of at least 4 members (excludes halogenated alkanes) is 1. The average Bonchev–Trinajstić information content (AvgIpc) is 2.29. The summed E-state index contributed by atoms with van der Waals surface area (Å²) in [4.78, 5) is 10.7. The summed E-state index contributed by atoms with van der Waals surface area (Å²) in [5.74, 6) is -0.241. The lowest BCUT2D eigenvalue weighted by molar-refractivity contribution is -0.130. The molecular weight excluding hydrogens is 204 g/mol. The van der Waals surface area contributed by atoms with E-state index in [9.17, 15) is 4.79 Å². The summed E-state index contributed by atoms with van der Waals surface area (Å²) in [6, 6.07) is 6.94. The van der Waals surface area contributed by atoms with Crippen LogP contribution in [0.15, 0.2) is 30.8 Å². The number of benzene rings is 1. The zero-order chi connectivity index (χ0) is 12.0. The number of carbonyl (C=O) groups is 1. The second-order valence-electron chi connectivity index (χ2n) is 3.51. The maximum Gasteiger partial charge on any atom is 0.335 e. The van der Waals surface area contributed by atoms with E-state index in [1.54, 1.807) is 24.3 Å². The van der Waals surface area contributed by atoms with Crippen molar-refractivity contribution in [2.24, 2.45) is 0 Å². The molecule has 0 amide bonds. The molecule has 3 nitrogen and oxygen atoms in total. The van der Waals surface area contributed by atoms with E-state index in [0.29, 0.717) is 12.2 Å². The molecule has 86 valence electrons. The molecule has 0 saturated carbocycles. The third kappa shape index (κ3) is 3.42. The van der Waals surface area contributed by atoms with Gasteiger partial charge >= 0.3 is 5.97 Å². The van der Waals surface area contributed by atoms with E-state index >= 15 is 0 Å². The molecule has 1 rings (SSSR count). The number of hydrogen-bond donors (Lipinski definition) is 1. The van der Waals surface area contributed by atoms with Gasteiger partial charge in [0.1, 0.15) is 5.75 Å². The van der Waals surface area contributed by atoms with Gasteiger partial charge in [-0.2, -0.15) is 0 Å². The molecule has 0 atom stereocenters. The smallest absolute Gasteiger partial charge is 0.335 e. The fourth-order valence-corrected chi connectivity index (χ4v) is 1.21. The lowest BCUT2D eigenvalue weighted by atomic mass is 10.1. The Kier molecular flexibility index (Phi) is 4.58. The van der Waals surface area contributed by atoms with E-state index in [1.165, 1.54) is 0 Å². The Balaban J connectivity index is 2.61. The van der Waals surface area contributed by atoms with Crippen LogP contribution in [0.1, 0.15) is 25.3 Å². The van der Waals surface area contributed by atoms with Crippen molar-refractivity contribution in [3.05, 3.63) is 36.4 Å². The Labute approximate surface area is 95.4 Å². The quantitative estimate of drug-likeness (QED) is 0.592. The van der Waals surface area contributed by atoms with Crippen LogP contribution in [0.3, 0.4) is 0 Å². The van der Waals surface area contributed by atoms with Gasteiger partial charge in [0.15, 0.2) is 0 Å². The van der Waals surface area contributed by atoms with Gasteiger partial charge in [0.05, 0.1) is 12.2 Å². The van der Waals surface area contributed by atoms with Crippen LogP contribution in [0.4, 0.5) is 0 Å². The van der Waals surface area contributed by atoms with Crippen molar-refractivity contribution in [2.75, 3.05) is 6.61 Å². The molecule has 0 bridgehead atoms. The Morgan fingerprint density at radius 1 is 1.38 bits per heavy atom. The second-order valence-corrected chi connectivity index (χ2v) is 3.51. The van der Waals surface area contributed by atoms with Crippen molar-refractivity contribution in [1.29, 1.82) is 0 Å². The largest absolute Gasteiger partial charge is 0.494 e. The van der Waals surface area contributed by atoms with Gasteiger partial charge in [-0.05, 0) is 24.1 Å². The highest BCUT2D eigenvalue weighted by Crippen LogP contribution is 2.17. The van der Waals surface area contributed by atoms with Crippen molar-refractivity contribution < 1.29 is 14.6 Å². The van der Waals surface area contributed by atoms with Gasteiger partial charge in [0.25, 0.3) is 0 Å². The van der Waals surface area contributed by atoms with Crippen molar-refractivity contribution in [2.45, 2.75) is 19.8 Å². The molecule has 1 N–H and O–H groups in total. The van der Waals surface area contributed by atoms with Gasteiger partial charge in [0.2, 0.25) is 0 Å². The predicted octanol–water partition coefficient (Wildman–Crippen LogP) is 2.96. The summed E-state index contributed by atoms with van der Waals surface area (Å²) < 4.78 is 5.46. The summed E-state index contributed by atoms with van der Waals surface area (Å²) in [5, 5.41) is 8.75. The standard InChI is InChI=1S/C13H16O3/c1-3-4-9-16-12-7-5-11(6-8-12)10(2)13(14)15/h5-8H,2-4,9H2,1H3,(H,14,15). The lowest BCUT2D eigenvalue weighted by Crippen LogP contribution is -1.99. The van der Waals surface area contributed by atoms with Crippen LogP contribution in [-0.2, 0) is 4.79 Å². The molecule has 0 spiro atoms. The molecule has 0 aromatic heterocycles. The van der Waals surface area contributed by atoms with Crippen LogP contribution in [0.2, 0.25) is 0 Å². The number of carboxylic acid groups (broad SMARTS) is 1. The first-order valence-corrected chi connectivity index (χ1v) is 5.30. The molecule has 0 fully saturated rings. The predicted molar refractivity (Wildman–Crippen MR) is 63.5 cm³/mol. The number of ether oxygens (including phenoxy) is 1. The molecule has 0 aliphatic rings. The number of rotatable bonds is 6. The first kappa shape index (κ1) is 12.3. The number of aliphatic carboxylic acids is 1. The van der Waals surface area contributed by atoms with Crippen LogP contribution in [-0.4, -0.2) is 17.7 Å². The molecule has 0 aliphatic heterocycles. The molecule has 16 heavy (non-hydrogen) atoms. The zero-order valence-electron chi connectivity index (χ0n) is 9.40. The van der Waals surface area contributed by atoms with Crippen LogP contribution in [0.25, 0.3) is 5.57 Å². The molecule has 1 aromatic carbocycles. The van der Waals surface area contributed by atoms with Crippen LogP contribution in [0.5, 0.6) is 5.75 Å². The molecule has 1 aromatic rings. The minimum Gasteiger partial charge on any atom is -0.494 e. The monoisotopic (exact) mass is 220 g/mol. The van der Waals surface area contributed by atoms with Gasteiger partial charge < -0.3 is 9.84 Å². The lowest BCUT2D eigenvalue weighted by Gasteiger charge is -2.06. The SMILES string of the molecule is C=C(C(=O)O)c1ccc(OCCCC)cc1. The van der Waals surface area contributed by atoms with Crippen molar-refractivity contribution >= 4 is 11.5 Å². The van der Waals surface area contributed by atoms with E-state index in [0.717, 1.165) is 18.6 Å². The summed E-state index contributed by atoms with van der Waals surface area (Å²) in [5.41, 5.74) is 0.704. The molecule has 0 radical (unpaired) electrons. The molecule has 0 saturated heterocycles. The first-order chi connectivity index (χ1) is 7.65. The average molecular weight is 220 g/mol. The van der Waals surface area contributed by atoms with Crippen LogP contribution in [0, 0.1) is 0 Å². The van der Waals surface area contributed by atoms with Gasteiger partial charge in [-0.3, -0.25) is 0 Å². The van der Waals surface area contributed by atoms with E-state index in [1.807, 2.05) is 0 Å². The third-order valence-corrected chi connectivity index (χ3v) is 2.23. The van der Waals surface area contributed by atoms with Gasteiger partial charge in [-0.1, -0.05) is 32.1 Å². The molecule has 0 heterocycles. The molecule has 0 unspecified atom stereocenters. The van der Waals surface area contributed by atoms with Gasteiger partial charge in [-0.15, -0.1) is 0 Å². The number of carboxylic acids is 1. The van der Waals surface area contributed by atoms with E-state index in [-0.39, 0.29) is 5.57 Å². The maximum atomic E-state index is 10.7. The third-order valence-electron chi connectivity index (χ3n) is 2.23. The fourth-order valence-electron chi connectivity index (χ4n) is 1.21. The highest BCUT2D eigenvalue weighted by atomic mass is 16.5. The second kappa shape index (κ2) is 5.95. The topological polar surface area (TPSA) is 46.5 Å². The van der Waals surface area contributed by atoms with E-state index < -0.39 is 5.97 Å². The van der Waals surface area contributed by atoms with Crippen molar-refractivity contribution in [1.82, 2.24) is 0 Å². The Morgan fingerprint density at radius 2 is 2.00 bits per heavy atom. The summed E-state index contributed by atoms with van der Waals surface area (Å²) in [7, 11) is 0. The minimum atomic E-state index is -1.00. The normalized spacial score (nSPS) is 9.81. The Bertz CT molecular complexity index is 365. The van der Waals surface area contributed by atoms with Gasteiger partial charge in [0, 0.05) is 0 Å². The van der Waals surface area contributed by atoms with Crippen LogP contribution < -0.4 is 4.74 Å². The zero-order valence-corrected chi connectivity index (χ0v) is 9.40. The number of hydrogen-bond acceptors (Lipinski definition) is 2. The molecule has 0 aliphatic carbocycles. The summed E-state index contributed by atoms with van der Waals surface area (Å²) >= 11 is 0. The summed E-state index contributed by atoms with van der Waals surface area (Å²) in [6.07, 6.45) is 2.11. The van der Waals surface area contributed by atoms with E-state index in [2.05, 4.69) is 13.5 Å². The van der Waals surface area contributed by atoms with E-state index in [4.69, 9.17) is 9.84 Å². The van der Waals surface area contributed by atoms with Crippen molar-refractivity contribution in [3.8, 4) is 5.75 Å². The highest BCUT2D eigenvalue weighted by molar-refractivity contribution is 6.14. The Hall–Kier alpha value is -1.77. The maximum absolute atomic E-state index is 10.7. The van der Waals surface area contributed by atoms with Crippen molar-refractivity contribution in [3.63, 3.8) is 0 Å². The van der Waals surface area contributed by atoms with Gasteiger partial charge in [-0.25, -0.2) is 4.79 Å². The minimum absolute atomic E-state index is 0.0973. The molecular formula is C13H16O3. The Morgan fingerprint density at radius 3 is 2.50 bits per heavy atom. The summed E-state index contributed by atoms with van der Waals surface area (Å²) in [6.45, 7) is 6.28. The van der Waals surface area contributed by atoms with Crippen LogP contribution >= 0.6 is 0 Å². The first-order valence-electron chi connectivity index (χ1n) is 5.30. The molecule has 3 heteroatoms.